The molecule has 2 saturated heterocycles. The van der Waals surface area contributed by atoms with Crippen LogP contribution in [0.5, 0.6) is 0 Å². The van der Waals surface area contributed by atoms with Crippen molar-refractivity contribution in [2.24, 2.45) is 0 Å². The molecule has 2 fully saturated rings. The van der Waals surface area contributed by atoms with E-state index in [0.29, 0.717) is 12.1 Å². The van der Waals surface area contributed by atoms with Gasteiger partial charge in [-0.3, -0.25) is 15.5 Å². The average Bonchev–Trinajstić information content (AvgIpc) is 2.32. The molecule has 2 heterocycles. The number of carbonyl (C=O) groups is 1. The number of carbonyl (C=O) groups excluding carboxylic acids is 1. The van der Waals surface area contributed by atoms with Crippen LogP contribution in [-0.2, 0) is 4.79 Å². The van der Waals surface area contributed by atoms with Crippen molar-refractivity contribution in [1.82, 2.24) is 15.8 Å². The van der Waals surface area contributed by atoms with E-state index in [2.05, 4.69) is 40.5 Å². The summed E-state index contributed by atoms with van der Waals surface area (Å²) in [6.45, 7) is 4.28. The SMILES string of the molecule is CC1CC(C)N2NC(=O)C(Br)C2N1. The number of hydrazine groups is 1. The second-order valence-corrected chi connectivity index (χ2v) is 4.87. The number of hydrogen-bond acceptors (Lipinski definition) is 3. The molecule has 5 heteroatoms. The third-order valence-electron chi connectivity index (χ3n) is 2.69. The third kappa shape index (κ3) is 1.49. The monoisotopic (exact) mass is 247 g/mol. The lowest BCUT2D eigenvalue weighted by molar-refractivity contribution is -0.121. The summed E-state index contributed by atoms with van der Waals surface area (Å²) in [6, 6.07) is 0.886. The lowest BCUT2D eigenvalue weighted by atomic mass is 10.1. The van der Waals surface area contributed by atoms with E-state index in [4.69, 9.17) is 0 Å². The summed E-state index contributed by atoms with van der Waals surface area (Å²) in [7, 11) is 0. The molecule has 0 radical (unpaired) electrons. The lowest BCUT2D eigenvalue weighted by Gasteiger charge is -2.39. The quantitative estimate of drug-likeness (QED) is 0.602. The molecule has 0 aromatic heterocycles. The van der Waals surface area contributed by atoms with E-state index in [1.165, 1.54) is 0 Å². The van der Waals surface area contributed by atoms with E-state index in [1.54, 1.807) is 0 Å². The Morgan fingerprint density at radius 2 is 2.23 bits per heavy atom. The molecule has 0 spiro atoms. The molecule has 4 unspecified atom stereocenters. The largest absolute Gasteiger partial charge is 0.296 e. The topological polar surface area (TPSA) is 44.4 Å². The smallest absolute Gasteiger partial charge is 0.251 e. The van der Waals surface area contributed by atoms with Crippen LogP contribution in [0.2, 0.25) is 0 Å². The fourth-order valence-corrected chi connectivity index (χ4v) is 2.59. The van der Waals surface area contributed by atoms with Gasteiger partial charge in [0.25, 0.3) is 5.91 Å². The highest BCUT2D eigenvalue weighted by molar-refractivity contribution is 9.10. The number of alkyl halides is 1. The van der Waals surface area contributed by atoms with E-state index in [0.717, 1.165) is 6.42 Å². The predicted octanol–water partition coefficient (Wildman–Crippen LogP) is 0.193. The molecule has 0 aromatic rings. The van der Waals surface area contributed by atoms with Gasteiger partial charge in [-0.15, -0.1) is 0 Å². The molecule has 2 rings (SSSR count). The zero-order valence-electron chi connectivity index (χ0n) is 7.75. The van der Waals surface area contributed by atoms with Crippen LogP contribution in [0, 0.1) is 0 Å². The fourth-order valence-electron chi connectivity index (χ4n) is 2.08. The van der Waals surface area contributed by atoms with Crippen LogP contribution in [0.25, 0.3) is 0 Å². The van der Waals surface area contributed by atoms with Crippen molar-refractivity contribution in [3.63, 3.8) is 0 Å². The summed E-state index contributed by atoms with van der Waals surface area (Å²) in [5.74, 6) is 0.0541. The number of nitrogens with zero attached hydrogens (tertiary/aromatic N) is 1. The van der Waals surface area contributed by atoms with Gasteiger partial charge in [-0.25, -0.2) is 0 Å². The Bertz CT molecular complexity index is 235. The van der Waals surface area contributed by atoms with E-state index >= 15 is 0 Å². The number of fused-ring (bicyclic) bond motifs is 1. The molecule has 13 heavy (non-hydrogen) atoms. The summed E-state index contributed by atoms with van der Waals surface area (Å²) in [5.41, 5.74) is 2.86. The van der Waals surface area contributed by atoms with Gasteiger partial charge in [0.2, 0.25) is 0 Å². The Morgan fingerprint density at radius 1 is 1.54 bits per heavy atom. The lowest BCUT2D eigenvalue weighted by Crippen LogP contribution is -2.60. The maximum absolute atomic E-state index is 11.4. The fraction of sp³-hybridized carbons (Fsp3) is 0.875. The first-order valence-electron chi connectivity index (χ1n) is 4.58. The van der Waals surface area contributed by atoms with Crippen molar-refractivity contribution >= 4 is 21.8 Å². The van der Waals surface area contributed by atoms with Crippen molar-refractivity contribution in [1.29, 1.82) is 0 Å². The Morgan fingerprint density at radius 3 is 2.92 bits per heavy atom. The number of hydrogen-bond donors (Lipinski definition) is 2. The van der Waals surface area contributed by atoms with Gasteiger partial charge in [0.15, 0.2) is 0 Å². The first kappa shape index (κ1) is 9.43. The Balaban J connectivity index is 2.17. The van der Waals surface area contributed by atoms with Crippen LogP contribution in [0.1, 0.15) is 20.3 Å². The van der Waals surface area contributed by atoms with Gasteiger partial charge in [0.1, 0.15) is 11.0 Å². The molecule has 4 atom stereocenters. The molecule has 2 N–H and O–H groups in total. The van der Waals surface area contributed by atoms with Crippen molar-refractivity contribution in [2.75, 3.05) is 0 Å². The first-order valence-corrected chi connectivity index (χ1v) is 5.50. The minimum atomic E-state index is -0.127. The van der Waals surface area contributed by atoms with Gasteiger partial charge in [0.05, 0.1) is 0 Å². The van der Waals surface area contributed by atoms with Gasteiger partial charge >= 0.3 is 0 Å². The van der Waals surface area contributed by atoms with Crippen molar-refractivity contribution in [2.45, 2.75) is 43.3 Å². The van der Waals surface area contributed by atoms with Gasteiger partial charge in [0, 0.05) is 12.1 Å². The maximum Gasteiger partial charge on any atom is 0.251 e. The molecule has 4 nitrogen and oxygen atoms in total. The molecule has 1 amide bonds. The van der Waals surface area contributed by atoms with Crippen LogP contribution in [0.15, 0.2) is 0 Å². The highest BCUT2D eigenvalue weighted by atomic mass is 79.9. The van der Waals surface area contributed by atoms with Crippen LogP contribution in [0.3, 0.4) is 0 Å². The van der Waals surface area contributed by atoms with Gasteiger partial charge in [-0.05, 0) is 20.3 Å². The molecule has 74 valence electrons. The normalized spacial score (nSPS) is 45.9. The van der Waals surface area contributed by atoms with E-state index < -0.39 is 0 Å². The summed E-state index contributed by atoms with van der Waals surface area (Å²) >= 11 is 3.38. The van der Waals surface area contributed by atoms with Gasteiger partial charge in [-0.1, -0.05) is 15.9 Å². The summed E-state index contributed by atoms with van der Waals surface area (Å²) in [5, 5.41) is 5.39. The number of amides is 1. The summed E-state index contributed by atoms with van der Waals surface area (Å²) in [4.78, 5) is 11.2. The molecular formula is C8H14BrN3O. The van der Waals surface area contributed by atoms with Crippen LogP contribution >= 0.6 is 15.9 Å². The van der Waals surface area contributed by atoms with Crippen LogP contribution in [-0.4, -0.2) is 34.0 Å². The minimum Gasteiger partial charge on any atom is -0.296 e. The number of halogens is 1. The van der Waals surface area contributed by atoms with Crippen molar-refractivity contribution in [3.8, 4) is 0 Å². The van der Waals surface area contributed by atoms with Crippen LogP contribution in [0.4, 0.5) is 0 Å². The van der Waals surface area contributed by atoms with Crippen molar-refractivity contribution < 1.29 is 4.79 Å². The maximum atomic E-state index is 11.4. The second-order valence-electron chi connectivity index (χ2n) is 3.88. The van der Waals surface area contributed by atoms with E-state index in [9.17, 15) is 4.79 Å². The van der Waals surface area contributed by atoms with Gasteiger partial charge in [-0.2, -0.15) is 5.01 Å². The Labute approximate surface area is 86.1 Å². The van der Waals surface area contributed by atoms with Crippen LogP contribution < -0.4 is 10.7 Å². The zero-order valence-corrected chi connectivity index (χ0v) is 9.34. The summed E-state index contributed by atoms with van der Waals surface area (Å²) < 4.78 is 0. The van der Waals surface area contributed by atoms with E-state index in [1.807, 2.05) is 5.01 Å². The molecule has 2 aliphatic rings. The molecule has 0 aromatic carbocycles. The van der Waals surface area contributed by atoms with Crippen molar-refractivity contribution in [3.05, 3.63) is 0 Å². The average molecular weight is 248 g/mol. The third-order valence-corrected chi connectivity index (χ3v) is 3.61. The van der Waals surface area contributed by atoms with E-state index in [-0.39, 0.29) is 16.9 Å². The molecular weight excluding hydrogens is 234 g/mol. The molecule has 0 bridgehead atoms. The number of rotatable bonds is 0. The summed E-state index contributed by atoms with van der Waals surface area (Å²) in [6.07, 6.45) is 1.17. The molecule has 0 saturated carbocycles. The number of nitrogens with one attached hydrogen (secondary N) is 2. The highest BCUT2D eigenvalue weighted by Gasteiger charge is 2.44. The Kier molecular flexibility index (Phi) is 2.33. The second kappa shape index (κ2) is 3.22. The zero-order chi connectivity index (χ0) is 9.59. The Hall–Kier alpha value is -0.130. The minimum absolute atomic E-state index is 0.0541. The van der Waals surface area contributed by atoms with Gasteiger partial charge < -0.3 is 0 Å². The highest BCUT2D eigenvalue weighted by Crippen LogP contribution is 2.24. The molecule has 0 aliphatic carbocycles. The first-order chi connectivity index (χ1) is 6.09. The predicted molar refractivity (Wildman–Crippen MR) is 53.2 cm³/mol. The molecule has 2 aliphatic heterocycles. The standard InChI is InChI=1S/C8H14BrN3O/c1-4-3-5(2)12-7(10-4)6(9)8(13)11-12/h4-7,10H,3H2,1-2H3,(H,11,13).